The molecule has 1 saturated carbocycles. The summed E-state index contributed by atoms with van der Waals surface area (Å²) in [6.07, 6.45) is 6.21. The molecule has 0 aromatic carbocycles. The molecule has 1 aliphatic rings. The summed E-state index contributed by atoms with van der Waals surface area (Å²) in [5.74, 6) is 0.422. The summed E-state index contributed by atoms with van der Waals surface area (Å²) in [5.41, 5.74) is 5.01. The first-order valence-corrected chi connectivity index (χ1v) is 5.12. The van der Waals surface area contributed by atoms with Gasteiger partial charge in [-0.25, -0.2) is 0 Å². The Morgan fingerprint density at radius 1 is 1.54 bits per heavy atom. The molecule has 0 spiro atoms. The van der Waals surface area contributed by atoms with Gasteiger partial charge in [-0.1, -0.05) is 26.2 Å². The van der Waals surface area contributed by atoms with E-state index in [1.54, 1.807) is 0 Å². The summed E-state index contributed by atoms with van der Waals surface area (Å²) >= 11 is 0. The monoisotopic (exact) mass is 185 g/mol. The minimum absolute atomic E-state index is 0.0844. The maximum Gasteiger partial charge on any atom is 0.243 e. The highest BCUT2D eigenvalue weighted by Gasteiger charge is 2.21. The van der Waals surface area contributed by atoms with Crippen molar-refractivity contribution in [1.29, 1.82) is 0 Å². The molecule has 3 nitrogen and oxygen atoms in total. The molecule has 0 heterocycles. The molecule has 2 unspecified atom stereocenters. The van der Waals surface area contributed by atoms with Crippen molar-refractivity contribution in [1.82, 2.24) is 0 Å². The Kier molecular flexibility index (Phi) is 4.22. The molecule has 1 amide bonds. The summed E-state index contributed by atoms with van der Waals surface area (Å²) in [6.45, 7) is 2.29. The summed E-state index contributed by atoms with van der Waals surface area (Å²) in [6, 6.07) is 0. The molecule has 0 radical (unpaired) electrons. The summed E-state index contributed by atoms with van der Waals surface area (Å²) < 4.78 is 5.40. The Bertz CT molecular complexity index is 170. The van der Waals surface area contributed by atoms with E-state index in [1.807, 2.05) is 0 Å². The maximum atomic E-state index is 10.5. The molecule has 0 saturated heterocycles. The quantitative estimate of drug-likeness (QED) is 0.720. The van der Waals surface area contributed by atoms with Gasteiger partial charge in [0.1, 0.15) is 6.61 Å². The summed E-state index contributed by atoms with van der Waals surface area (Å²) in [7, 11) is 0. The van der Waals surface area contributed by atoms with E-state index in [0.29, 0.717) is 0 Å². The lowest BCUT2D eigenvalue weighted by Crippen LogP contribution is -2.27. The van der Waals surface area contributed by atoms with Crippen molar-refractivity contribution in [2.45, 2.75) is 45.1 Å². The number of nitrogens with two attached hydrogens (primary N) is 1. The summed E-state index contributed by atoms with van der Waals surface area (Å²) in [4.78, 5) is 10.5. The van der Waals surface area contributed by atoms with Gasteiger partial charge in [-0.15, -0.1) is 0 Å². The molecule has 0 aromatic rings. The number of hydrogen-bond donors (Lipinski definition) is 1. The third kappa shape index (κ3) is 3.77. The first kappa shape index (κ1) is 10.5. The van der Waals surface area contributed by atoms with Crippen LogP contribution in [-0.4, -0.2) is 18.6 Å². The third-order valence-corrected chi connectivity index (χ3v) is 2.77. The number of amides is 1. The van der Waals surface area contributed by atoms with Crippen LogP contribution in [0.25, 0.3) is 0 Å². The van der Waals surface area contributed by atoms with Crippen LogP contribution in [0.15, 0.2) is 0 Å². The van der Waals surface area contributed by atoms with Crippen LogP contribution in [0.3, 0.4) is 0 Å². The predicted molar refractivity (Wildman–Crippen MR) is 51.2 cm³/mol. The fourth-order valence-corrected chi connectivity index (χ4v) is 1.96. The number of primary amides is 1. The lowest BCUT2D eigenvalue weighted by atomic mass is 9.85. The average Bonchev–Trinajstić information content (AvgIpc) is 2.15. The highest BCUT2D eigenvalue weighted by Crippen LogP contribution is 2.28. The fraction of sp³-hybridized carbons (Fsp3) is 0.900. The van der Waals surface area contributed by atoms with Crippen molar-refractivity contribution < 1.29 is 9.53 Å². The zero-order valence-electron chi connectivity index (χ0n) is 8.29. The van der Waals surface area contributed by atoms with Gasteiger partial charge in [0.05, 0.1) is 6.10 Å². The molecule has 2 N–H and O–H groups in total. The highest BCUT2D eigenvalue weighted by molar-refractivity contribution is 5.74. The van der Waals surface area contributed by atoms with Crippen LogP contribution >= 0.6 is 0 Å². The second kappa shape index (κ2) is 5.22. The van der Waals surface area contributed by atoms with Gasteiger partial charge in [0, 0.05) is 0 Å². The molecule has 0 bridgehead atoms. The van der Waals surface area contributed by atoms with Gasteiger partial charge in [-0.3, -0.25) is 4.79 Å². The van der Waals surface area contributed by atoms with E-state index in [0.717, 1.165) is 18.8 Å². The van der Waals surface area contributed by atoms with Crippen LogP contribution in [-0.2, 0) is 9.53 Å². The molecule has 0 aromatic heterocycles. The van der Waals surface area contributed by atoms with Gasteiger partial charge in [0.25, 0.3) is 0 Å². The Morgan fingerprint density at radius 3 is 2.92 bits per heavy atom. The molecular formula is C10H19NO2. The number of rotatable bonds is 4. The second-order valence-corrected chi connectivity index (χ2v) is 3.84. The molecular weight excluding hydrogens is 166 g/mol. The van der Waals surface area contributed by atoms with Crippen molar-refractivity contribution in [3.63, 3.8) is 0 Å². The Labute approximate surface area is 79.6 Å². The van der Waals surface area contributed by atoms with Crippen molar-refractivity contribution >= 4 is 5.91 Å². The van der Waals surface area contributed by atoms with E-state index in [-0.39, 0.29) is 18.6 Å². The third-order valence-electron chi connectivity index (χ3n) is 2.77. The molecule has 1 aliphatic carbocycles. The van der Waals surface area contributed by atoms with Gasteiger partial charge in [-0.2, -0.15) is 0 Å². The second-order valence-electron chi connectivity index (χ2n) is 3.84. The first-order valence-electron chi connectivity index (χ1n) is 5.12. The average molecular weight is 185 g/mol. The zero-order chi connectivity index (χ0) is 9.68. The maximum absolute atomic E-state index is 10.5. The van der Waals surface area contributed by atoms with E-state index >= 15 is 0 Å². The minimum Gasteiger partial charge on any atom is -0.368 e. The molecule has 1 fully saturated rings. The number of hydrogen-bond acceptors (Lipinski definition) is 2. The Balaban J connectivity index is 2.21. The largest absolute Gasteiger partial charge is 0.368 e. The van der Waals surface area contributed by atoms with Crippen LogP contribution in [0.4, 0.5) is 0 Å². The van der Waals surface area contributed by atoms with E-state index in [9.17, 15) is 4.79 Å². The van der Waals surface area contributed by atoms with Crippen molar-refractivity contribution in [3.8, 4) is 0 Å². The van der Waals surface area contributed by atoms with Crippen LogP contribution in [0, 0.1) is 5.92 Å². The molecule has 76 valence electrons. The first-order chi connectivity index (χ1) is 6.22. The highest BCUT2D eigenvalue weighted by atomic mass is 16.5. The number of ether oxygens (including phenoxy) is 1. The Hall–Kier alpha value is -0.570. The number of carbonyl (C=O) groups excluding carboxylic acids is 1. The molecule has 13 heavy (non-hydrogen) atoms. The Morgan fingerprint density at radius 2 is 2.31 bits per heavy atom. The van der Waals surface area contributed by atoms with Crippen LogP contribution in [0.5, 0.6) is 0 Å². The SMILES string of the molecule is CCC1CCCC(OCC(N)=O)C1. The zero-order valence-corrected chi connectivity index (χ0v) is 8.29. The lowest BCUT2D eigenvalue weighted by Gasteiger charge is -2.27. The normalized spacial score (nSPS) is 28.7. The van der Waals surface area contributed by atoms with Crippen molar-refractivity contribution in [2.75, 3.05) is 6.61 Å². The van der Waals surface area contributed by atoms with Crippen LogP contribution in [0.1, 0.15) is 39.0 Å². The molecule has 2 atom stereocenters. The van der Waals surface area contributed by atoms with Gasteiger partial charge >= 0.3 is 0 Å². The van der Waals surface area contributed by atoms with Gasteiger partial charge in [-0.05, 0) is 18.8 Å². The summed E-state index contributed by atoms with van der Waals surface area (Å²) in [5, 5.41) is 0. The predicted octanol–water partition coefficient (Wildman–Crippen LogP) is 1.46. The van der Waals surface area contributed by atoms with Crippen molar-refractivity contribution in [2.24, 2.45) is 11.7 Å². The lowest BCUT2D eigenvalue weighted by molar-refractivity contribution is -0.125. The van der Waals surface area contributed by atoms with E-state index in [1.165, 1.54) is 19.3 Å². The van der Waals surface area contributed by atoms with E-state index in [4.69, 9.17) is 10.5 Å². The van der Waals surface area contributed by atoms with Gasteiger partial charge in [0.15, 0.2) is 0 Å². The topological polar surface area (TPSA) is 52.3 Å². The van der Waals surface area contributed by atoms with E-state index < -0.39 is 0 Å². The number of carbonyl (C=O) groups is 1. The molecule has 3 heteroatoms. The minimum atomic E-state index is -0.362. The van der Waals surface area contributed by atoms with Crippen LogP contribution in [0.2, 0.25) is 0 Å². The fourth-order valence-electron chi connectivity index (χ4n) is 1.96. The van der Waals surface area contributed by atoms with Crippen LogP contribution < -0.4 is 5.73 Å². The van der Waals surface area contributed by atoms with Gasteiger partial charge < -0.3 is 10.5 Å². The molecule has 1 rings (SSSR count). The smallest absolute Gasteiger partial charge is 0.243 e. The van der Waals surface area contributed by atoms with Crippen molar-refractivity contribution in [3.05, 3.63) is 0 Å². The van der Waals surface area contributed by atoms with Gasteiger partial charge in [0.2, 0.25) is 5.91 Å². The van der Waals surface area contributed by atoms with E-state index in [2.05, 4.69) is 6.92 Å². The standard InChI is InChI=1S/C10H19NO2/c1-2-8-4-3-5-9(6-8)13-7-10(11)12/h8-9H,2-7H2,1H3,(H2,11,12). The molecule has 0 aliphatic heterocycles.